The number of β-amino-alcohol motifs (C(OH)–C–C–N with tert-alkyl or cyclic N) is 1. The Kier molecular flexibility index (Phi) is 5.37. The summed E-state index contributed by atoms with van der Waals surface area (Å²) in [7, 11) is 0. The van der Waals surface area contributed by atoms with Gasteiger partial charge in [-0.15, -0.1) is 0 Å². The molecule has 2 saturated heterocycles. The minimum Gasteiger partial charge on any atom is -0.392 e. The molecule has 3 atom stereocenters. The lowest BCUT2D eigenvalue weighted by atomic mass is 9.97. The maximum atomic E-state index is 13.1. The molecule has 1 amide bonds. The fourth-order valence-electron chi connectivity index (χ4n) is 4.29. The molecule has 8 heteroatoms. The monoisotopic (exact) mass is 398 g/mol. The zero-order valence-corrected chi connectivity index (χ0v) is 15.5. The molecular formula is C20H25F3N2O3. The fraction of sp³-hybridized carbons (Fsp3) is 0.650. The maximum absolute atomic E-state index is 13.1. The number of hydrogen-bond donors (Lipinski definition) is 2. The molecule has 2 unspecified atom stereocenters. The summed E-state index contributed by atoms with van der Waals surface area (Å²) in [5, 5.41) is 12.8. The Labute approximate surface area is 161 Å². The quantitative estimate of drug-likeness (QED) is 0.818. The summed E-state index contributed by atoms with van der Waals surface area (Å²) in [4.78, 5) is 15.1. The number of carbonyl (C=O) groups is 1. The van der Waals surface area contributed by atoms with Gasteiger partial charge >= 0.3 is 6.18 Å². The molecule has 4 rings (SSSR count). The molecular weight excluding hydrogens is 373 g/mol. The van der Waals surface area contributed by atoms with Crippen LogP contribution in [0.2, 0.25) is 0 Å². The Morgan fingerprint density at radius 2 is 2.00 bits per heavy atom. The number of amides is 1. The Morgan fingerprint density at radius 3 is 2.64 bits per heavy atom. The van der Waals surface area contributed by atoms with E-state index in [4.69, 9.17) is 4.74 Å². The minimum atomic E-state index is -4.42. The summed E-state index contributed by atoms with van der Waals surface area (Å²) in [5.41, 5.74) is 0.0920. The molecule has 0 aromatic heterocycles. The summed E-state index contributed by atoms with van der Waals surface area (Å²) >= 11 is 0. The number of nitrogens with one attached hydrogen (secondary N) is 1. The molecule has 3 aliphatic rings. The highest BCUT2D eigenvalue weighted by Gasteiger charge is 2.38. The second-order valence-corrected chi connectivity index (χ2v) is 8.02. The van der Waals surface area contributed by atoms with Crippen molar-refractivity contribution < 1.29 is 27.8 Å². The number of alkyl halides is 3. The lowest BCUT2D eigenvalue weighted by Crippen LogP contribution is -2.56. The van der Waals surface area contributed by atoms with Crippen LogP contribution in [0.25, 0.3) is 0 Å². The highest BCUT2D eigenvalue weighted by atomic mass is 19.4. The van der Waals surface area contributed by atoms with E-state index in [1.165, 1.54) is 6.07 Å². The van der Waals surface area contributed by atoms with Crippen molar-refractivity contribution in [3.8, 4) is 0 Å². The van der Waals surface area contributed by atoms with Gasteiger partial charge in [-0.3, -0.25) is 9.69 Å². The van der Waals surface area contributed by atoms with Gasteiger partial charge in [0.2, 0.25) is 0 Å². The van der Waals surface area contributed by atoms with Crippen LogP contribution in [0.4, 0.5) is 13.2 Å². The van der Waals surface area contributed by atoms with Crippen LogP contribution < -0.4 is 5.32 Å². The van der Waals surface area contributed by atoms with Crippen LogP contribution in [0.3, 0.4) is 0 Å². The molecule has 2 aliphatic heterocycles. The number of halogens is 3. The topological polar surface area (TPSA) is 61.8 Å². The maximum Gasteiger partial charge on any atom is 0.416 e. The third kappa shape index (κ3) is 4.18. The largest absolute Gasteiger partial charge is 0.416 e. The highest BCUT2D eigenvalue weighted by Crippen LogP contribution is 2.43. The Hall–Kier alpha value is -1.64. The Bertz CT molecular complexity index is 736. The summed E-state index contributed by atoms with van der Waals surface area (Å²) in [6.45, 7) is 2.30. The van der Waals surface area contributed by atoms with E-state index < -0.39 is 11.7 Å². The van der Waals surface area contributed by atoms with Gasteiger partial charge in [0.15, 0.2) is 0 Å². The third-order valence-corrected chi connectivity index (χ3v) is 5.94. The van der Waals surface area contributed by atoms with Gasteiger partial charge in [-0.1, -0.05) is 0 Å². The van der Waals surface area contributed by atoms with Crippen LogP contribution in [0.15, 0.2) is 18.2 Å². The molecule has 1 aromatic carbocycles. The van der Waals surface area contributed by atoms with E-state index >= 15 is 0 Å². The van der Waals surface area contributed by atoms with Gasteiger partial charge in [0.25, 0.3) is 5.91 Å². The van der Waals surface area contributed by atoms with E-state index in [-0.39, 0.29) is 30.0 Å². The van der Waals surface area contributed by atoms with E-state index in [1.54, 1.807) is 0 Å². The molecule has 154 valence electrons. The molecule has 1 aromatic rings. The van der Waals surface area contributed by atoms with Crippen LogP contribution in [-0.2, 0) is 10.9 Å². The summed E-state index contributed by atoms with van der Waals surface area (Å²) < 4.78 is 44.7. The molecule has 2 N–H and O–H groups in total. The predicted octanol–water partition coefficient (Wildman–Crippen LogP) is 2.54. The summed E-state index contributed by atoms with van der Waals surface area (Å²) in [6.07, 6.45) is -1.69. The smallest absolute Gasteiger partial charge is 0.392 e. The van der Waals surface area contributed by atoms with Crippen LogP contribution >= 0.6 is 0 Å². The van der Waals surface area contributed by atoms with Crippen LogP contribution in [0, 0.1) is 0 Å². The van der Waals surface area contributed by atoms with E-state index in [0.29, 0.717) is 37.3 Å². The fourth-order valence-corrected chi connectivity index (χ4v) is 4.29. The molecule has 2 heterocycles. The van der Waals surface area contributed by atoms with Crippen molar-refractivity contribution in [2.45, 2.75) is 56.0 Å². The normalized spacial score (nSPS) is 29.1. The number of likely N-dealkylation sites (tertiary alicyclic amines) is 1. The van der Waals surface area contributed by atoms with Gasteiger partial charge in [0.1, 0.15) is 0 Å². The number of aliphatic hydroxyl groups is 1. The number of nitrogens with zero attached hydrogens (tertiary/aromatic N) is 1. The SMILES string of the molecule is O=C(N[C@@H]1COCCC1N1CCC(O)C1)c1ccc(C(F)(F)F)cc1C1CC1. The number of rotatable bonds is 4. The van der Waals surface area contributed by atoms with Crippen LogP contribution in [0.1, 0.15) is 53.1 Å². The number of ether oxygens (including phenoxy) is 1. The molecule has 0 radical (unpaired) electrons. The van der Waals surface area contributed by atoms with Crippen molar-refractivity contribution >= 4 is 5.91 Å². The molecule has 1 saturated carbocycles. The minimum absolute atomic E-state index is 0.0233. The zero-order chi connectivity index (χ0) is 19.9. The van der Waals surface area contributed by atoms with E-state index in [0.717, 1.165) is 37.9 Å². The average Bonchev–Trinajstić information content (AvgIpc) is 3.42. The second kappa shape index (κ2) is 7.65. The lowest BCUT2D eigenvalue weighted by Gasteiger charge is -2.38. The molecule has 5 nitrogen and oxygen atoms in total. The van der Waals surface area contributed by atoms with Crippen LogP contribution in [0.5, 0.6) is 0 Å². The van der Waals surface area contributed by atoms with E-state index in [9.17, 15) is 23.1 Å². The number of benzene rings is 1. The Morgan fingerprint density at radius 1 is 1.21 bits per heavy atom. The molecule has 3 fully saturated rings. The standard InChI is InChI=1S/C20H25F3N2O3/c21-20(22,23)13-3-4-15(16(9-13)12-1-2-12)19(27)24-17-11-28-8-6-18(17)25-7-5-14(26)10-25/h3-4,9,12,14,17-18,26H,1-2,5-8,10-11H2,(H,24,27)/t14?,17-,18?/m1/s1. The molecule has 1 aliphatic carbocycles. The first-order chi connectivity index (χ1) is 13.3. The first kappa shape index (κ1) is 19.7. The summed E-state index contributed by atoms with van der Waals surface area (Å²) in [5.74, 6) is -0.328. The molecule has 0 bridgehead atoms. The van der Waals surface area contributed by atoms with Gasteiger partial charge in [-0.2, -0.15) is 13.2 Å². The predicted molar refractivity (Wildman–Crippen MR) is 96.1 cm³/mol. The van der Waals surface area contributed by atoms with E-state index in [2.05, 4.69) is 10.2 Å². The van der Waals surface area contributed by atoms with Crippen molar-refractivity contribution in [2.24, 2.45) is 0 Å². The number of carbonyl (C=O) groups excluding carboxylic acids is 1. The van der Waals surface area contributed by atoms with Crippen molar-refractivity contribution in [3.63, 3.8) is 0 Å². The van der Waals surface area contributed by atoms with Gasteiger partial charge in [0.05, 0.1) is 24.3 Å². The third-order valence-electron chi connectivity index (χ3n) is 5.94. The number of hydrogen-bond acceptors (Lipinski definition) is 4. The van der Waals surface area contributed by atoms with Gasteiger partial charge in [-0.05, 0) is 55.4 Å². The van der Waals surface area contributed by atoms with Crippen molar-refractivity contribution in [3.05, 3.63) is 34.9 Å². The van der Waals surface area contributed by atoms with Crippen molar-refractivity contribution in [2.75, 3.05) is 26.3 Å². The van der Waals surface area contributed by atoms with Crippen LogP contribution in [-0.4, -0.2) is 60.4 Å². The zero-order valence-electron chi connectivity index (χ0n) is 15.5. The van der Waals surface area contributed by atoms with Gasteiger partial charge in [0, 0.05) is 31.3 Å². The van der Waals surface area contributed by atoms with Crippen molar-refractivity contribution in [1.29, 1.82) is 0 Å². The average molecular weight is 398 g/mol. The Balaban J connectivity index is 1.52. The highest BCUT2D eigenvalue weighted by molar-refractivity contribution is 5.96. The number of aliphatic hydroxyl groups excluding tert-OH is 1. The lowest BCUT2D eigenvalue weighted by molar-refractivity contribution is -0.137. The molecule has 28 heavy (non-hydrogen) atoms. The van der Waals surface area contributed by atoms with Crippen molar-refractivity contribution in [1.82, 2.24) is 10.2 Å². The van der Waals surface area contributed by atoms with Gasteiger partial charge < -0.3 is 15.2 Å². The summed E-state index contributed by atoms with van der Waals surface area (Å²) in [6, 6.07) is 3.21. The van der Waals surface area contributed by atoms with Gasteiger partial charge in [-0.25, -0.2) is 0 Å². The second-order valence-electron chi connectivity index (χ2n) is 8.02. The van der Waals surface area contributed by atoms with E-state index in [1.807, 2.05) is 0 Å². The molecule has 0 spiro atoms. The first-order valence-corrected chi connectivity index (χ1v) is 9.85. The first-order valence-electron chi connectivity index (χ1n) is 9.85.